The average Bonchev–Trinajstić information content (AvgIpc) is 2.60. The van der Waals surface area contributed by atoms with Crippen molar-refractivity contribution in [3.8, 4) is 11.5 Å². The molecule has 0 fully saturated rings. The van der Waals surface area contributed by atoms with E-state index in [-0.39, 0.29) is 0 Å². The average molecular weight is 311 g/mol. The van der Waals surface area contributed by atoms with Gasteiger partial charge in [-0.2, -0.15) is 0 Å². The molecule has 5 heteroatoms. The van der Waals surface area contributed by atoms with Crippen LogP contribution in [0.3, 0.4) is 0 Å². The van der Waals surface area contributed by atoms with Gasteiger partial charge in [-0.3, -0.25) is 0 Å². The highest BCUT2D eigenvalue weighted by molar-refractivity contribution is 6.32. The fourth-order valence-electron chi connectivity index (χ4n) is 1.85. The fourth-order valence-corrected chi connectivity index (χ4v) is 2.12. The lowest BCUT2D eigenvalue weighted by atomic mass is 10.1. The topological polar surface area (TPSA) is 44.8 Å². The fraction of sp³-hybridized carbons (Fsp3) is 0.438. The molecule has 0 aromatic heterocycles. The van der Waals surface area contributed by atoms with Crippen molar-refractivity contribution in [1.29, 1.82) is 0 Å². The van der Waals surface area contributed by atoms with Gasteiger partial charge in [0.2, 0.25) is 0 Å². The van der Waals surface area contributed by atoms with E-state index in [9.17, 15) is 4.79 Å². The summed E-state index contributed by atoms with van der Waals surface area (Å²) < 4.78 is 16.4. The molecular formula is C16H19ClO4. The molecule has 0 saturated carbocycles. The molecule has 1 heterocycles. The number of hydrogen-bond donors (Lipinski definition) is 0. The van der Waals surface area contributed by atoms with Crippen molar-refractivity contribution in [3.63, 3.8) is 0 Å². The summed E-state index contributed by atoms with van der Waals surface area (Å²) in [6.45, 7) is 6.64. The van der Waals surface area contributed by atoms with E-state index in [4.69, 9.17) is 25.8 Å². The Labute approximate surface area is 129 Å². The zero-order valence-electron chi connectivity index (χ0n) is 12.4. The minimum Gasteiger partial charge on any atom is -0.489 e. The minimum absolute atomic E-state index is 0.397. The molecule has 21 heavy (non-hydrogen) atoms. The Kier molecular flexibility index (Phi) is 4.78. The van der Waals surface area contributed by atoms with Crippen LogP contribution in [0, 0.1) is 0 Å². The Balaban J connectivity index is 2.16. The van der Waals surface area contributed by atoms with E-state index in [0.717, 1.165) is 12.0 Å². The Morgan fingerprint density at radius 2 is 2.00 bits per heavy atom. The lowest BCUT2D eigenvalue weighted by Crippen LogP contribution is -2.22. The number of halogens is 1. The number of fused-ring (bicyclic) bond motifs is 1. The molecule has 0 N–H and O–H groups in total. The molecule has 0 amide bonds. The highest BCUT2D eigenvalue weighted by Gasteiger charge is 2.16. The molecule has 114 valence electrons. The quantitative estimate of drug-likeness (QED) is 0.614. The Hall–Kier alpha value is -1.68. The van der Waals surface area contributed by atoms with Crippen LogP contribution >= 0.6 is 11.6 Å². The maximum atomic E-state index is 11.7. The summed E-state index contributed by atoms with van der Waals surface area (Å²) in [6.07, 6.45) is 3.84. The van der Waals surface area contributed by atoms with Gasteiger partial charge in [0.25, 0.3) is 0 Å². The number of rotatable bonds is 2. The number of esters is 1. The van der Waals surface area contributed by atoms with E-state index in [1.807, 2.05) is 20.8 Å². The van der Waals surface area contributed by atoms with Gasteiger partial charge in [-0.15, -0.1) is 0 Å². The summed E-state index contributed by atoms with van der Waals surface area (Å²) in [5.41, 5.74) is 0.249. The number of hydrogen-bond acceptors (Lipinski definition) is 4. The van der Waals surface area contributed by atoms with E-state index in [1.54, 1.807) is 18.2 Å². The van der Waals surface area contributed by atoms with Crippen LogP contribution in [0.5, 0.6) is 11.5 Å². The van der Waals surface area contributed by atoms with Crippen LogP contribution in [0.4, 0.5) is 0 Å². The lowest BCUT2D eigenvalue weighted by Gasteiger charge is -2.17. The zero-order chi connectivity index (χ0) is 15.5. The van der Waals surface area contributed by atoms with E-state index in [2.05, 4.69) is 0 Å². The second-order valence-corrected chi connectivity index (χ2v) is 6.15. The van der Waals surface area contributed by atoms with Crippen LogP contribution in [0.1, 0.15) is 32.8 Å². The molecule has 1 aliphatic heterocycles. The largest absolute Gasteiger partial charge is 0.489 e. The summed E-state index contributed by atoms with van der Waals surface area (Å²) in [4.78, 5) is 11.7. The summed E-state index contributed by atoms with van der Waals surface area (Å²) in [6, 6.07) is 3.53. The van der Waals surface area contributed by atoms with Crippen molar-refractivity contribution in [1.82, 2.24) is 0 Å². The molecule has 0 saturated heterocycles. The number of ether oxygens (including phenoxy) is 3. The third kappa shape index (κ3) is 4.67. The standard InChI is InChI=1S/C16H19ClO4/c1-16(2,3)21-14(18)6-5-11-9-12(17)15-13(10-11)19-7-4-8-20-15/h5-6,9-10H,4,7-8H2,1-3H3/b6-5+. The summed E-state index contributed by atoms with van der Waals surface area (Å²) in [5.74, 6) is 0.762. The third-order valence-corrected chi connectivity index (χ3v) is 2.92. The van der Waals surface area contributed by atoms with Crippen molar-refractivity contribution >= 4 is 23.6 Å². The van der Waals surface area contributed by atoms with Gasteiger partial charge in [0.1, 0.15) is 5.60 Å². The molecule has 0 aliphatic carbocycles. The molecule has 1 aliphatic rings. The van der Waals surface area contributed by atoms with Gasteiger partial charge in [-0.25, -0.2) is 4.79 Å². The van der Waals surface area contributed by atoms with Crippen LogP contribution in [0.2, 0.25) is 5.02 Å². The van der Waals surface area contributed by atoms with Crippen molar-refractivity contribution in [2.24, 2.45) is 0 Å². The SMILES string of the molecule is CC(C)(C)OC(=O)/C=C/c1cc(Cl)c2c(c1)OCCCO2. The normalized spacial score (nSPS) is 14.9. The van der Waals surface area contributed by atoms with E-state index >= 15 is 0 Å². The molecular weight excluding hydrogens is 292 g/mol. The molecule has 0 bridgehead atoms. The third-order valence-electron chi connectivity index (χ3n) is 2.64. The highest BCUT2D eigenvalue weighted by atomic mass is 35.5. The number of carbonyl (C=O) groups excluding carboxylic acids is 1. The summed E-state index contributed by atoms with van der Waals surface area (Å²) >= 11 is 6.19. The van der Waals surface area contributed by atoms with E-state index in [1.165, 1.54) is 6.08 Å². The molecule has 2 rings (SSSR count). The van der Waals surface area contributed by atoms with Crippen LogP contribution in [-0.2, 0) is 9.53 Å². The van der Waals surface area contributed by atoms with Gasteiger partial charge in [0.05, 0.1) is 18.2 Å². The van der Waals surface area contributed by atoms with Gasteiger partial charge >= 0.3 is 5.97 Å². The molecule has 4 nitrogen and oxygen atoms in total. The van der Waals surface area contributed by atoms with Gasteiger partial charge in [-0.05, 0) is 44.5 Å². The first-order valence-electron chi connectivity index (χ1n) is 6.85. The monoisotopic (exact) mass is 310 g/mol. The predicted octanol–water partition coefficient (Wildman–Crippen LogP) is 3.86. The Morgan fingerprint density at radius 1 is 1.29 bits per heavy atom. The van der Waals surface area contributed by atoms with Gasteiger partial charge in [-0.1, -0.05) is 11.6 Å². The first-order valence-corrected chi connectivity index (χ1v) is 7.23. The summed E-state index contributed by atoms with van der Waals surface area (Å²) in [5, 5.41) is 0.471. The van der Waals surface area contributed by atoms with Gasteiger partial charge in [0, 0.05) is 12.5 Å². The maximum absolute atomic E-state index is 11.7. The van der Waals surface area contributed by atoms with Crippen molar-refractivity contribution in [2.75, 3.05) is 13.2 Å². The molecule has 1 aromatic carbocycles. The van der Waals surface area contributed by atoms with Crippen molar-refractivity contribution in [3.05, 3.63) is 28.8 Å². The Morgan fingerprint density at radius 3 is 2.71 bits per heavy atom. The smallest absolute Gasteiger partial charge is 0.331 e. The first-order chi connectivity index (χ1) is 9.85. The number of carbonyl (C=O) groups is 1. The van der Waals surface area contributed by atoms with Crippen molar-refractivity contribution < 1.29 is 19.0 Å². The van der Waals surface area contributed by atoms with Crippen LogP contribution in [0.25, 0.3) is 6.08 Å². The second kappa shape index (κ2) is 6.39. The van der Waals surface area contributed by atoms with E-state index < -0.39 is 11.6 Å². The van der Waals surface area contributed by atoms with Crippen molar-refractivity contribution in [2.45, 2.75) is 32.8 Å². The maximum Gasteiger partial charge on any atom is 0.331 e. The molecule has 0 spiro atoms. The van der Waals surface area contributed by atoms with Crippen LogP contribution in [-0.4, -0.2) is 24.8 Å². The van der Waals surface area contributed by atoms with Crippen LogP contribution in [0.15, 0.2) is 18.2 Å². The minimum atomic E-state index is -0.510. The van der Waals surface area contributed by atoms with E-state index in [0.29, 0.717) is 29.7 Å². The zero-order valence-corrected chi connectivity index (χ0v) is 13.2. The second-order valence-electron chi connectivity index (χ2n) is 5.75. The molecule has 0 unspecified atom stereocenters. The molecule has 1 aromatic rings. The molecule has 0 radical (unpaired) electrons. The Bertz CT molecular complexity index is 558. The van der Waals surface area contributed by atoms with Gasteiger partial charge in [0.15, 0.2) is 11.5 Å². The highest BCUT2D eigenvalue weighted by Crippen LogP contribution is 2.38. The van der Waals surface area contributed by atoms with Gasteiger partial charge < -0.3 is 14.2 Å². The number of benzene rings is 1. The predicted molar refractivity (Wildman–Crippen MR) is 81.9 cm³/mol. The lowest BCUT2D eigenvalue weighted by molar-refractivity contribution is -0.148. The molecule has 0 atom stereocenters. The van der Waals surface area contributed by atoms with Crippen LogP contribution < -0.4 is 9.47 Å². The summed E-state index contributed by atoms with van der Waals surface area (Å²) in [7, 11) is 0. The first kappa shape index (κ1) is 15.7.